The molecule has 0 fully saturated rings. The van der Waals surface area contributed by atoms with Gasteiger partial charge in [-0.2, -0.15) is 0 Å². The molecule has 1 aliphatic heterocycles. The Morgan fingerprint density at radius 1 is 1.07 bits per heavy atom. The van der Waals surface area contributed by atoms with Crippen LogP contribution in [0.25, 0.3) is 5.69 Å². The van der Waals surface area contributed by atoms with Crippen LogP contribution in [0.5, 0.6) is 5.75 Å². The standard InChI is InChI=1S/C23H25N3O2/c1-15-10-22(16(2)26(15)20-6-8-21(28-3)9-7-20)23(27)25-12-17-4-5-18-13-24-14-19(18)11-17/h4-11,24H,12-14H2,1-3H3,(H,25,27). The molecule has 0 saturated heterocycles. The van der Waals surface area contributed by atoms with Crippen LogP contribution >= 0.6 is 0 Å². The fourth-order valence-electron chi connectivity index (χ4n) is 3.86. The minimum absolute atomic E-state index is 0.0496. The van der Waals surface area contributed by atoms with Crippen molar-refractivity contribution in [3.05, 3.63) is 82.2 Å². The summed E-state index contributed by atoms with van der Waals surface area (Å²) in [5, 5.41) is 6.41. The van der Waals surface area contributed by atoms with E-state index in [-0.39, 0.29) is 5.91 Å². The molecule has 1 amide bonds. The van der Waals surface area contributed by atoms with E-state index in [4.69, 9.17) is 4.74 Å². The Morgan fingerprint density at radius 3 is 2.57 bits per heavy atom. The van der Waals surface area contributed by atoms with Crippen LogP contribution in [0, 0.1) is 13.8 Å². The number of rotatable bonds is 5. The molecule has 1 aromatic heterocycles. The third-order valence-electron chi connectivity index (χ3n) is 5.36. The summed E-state index contributed by atoms with van der Waals surface area (Å²) in [6.45, 7) is 6.35. The molecule has 3 aromatic rings. The molecule has 0 atom stereocenters. The van der Waals surface area contributed by atoms with Gasteiger partial charge < -0.3 is 19.9 Å². The monoisotopic (exact) mass is 375 g/mol. The van der Waals surface area contributed by atoms with Crippen molar-refractivity contribution in [1.82, 2.24) is 15.2 Å². The molecule has 2 heterocycles. The molecule has 0 spiro atoms. The molecule has 2 aromatic carbocycles. The highest BCUT2D eigenvalue weighted by Crippen LogP contribution is 2.23. The number of methoxy groups -OCH3 is 1. The number of hydrogen-bond acceptors (Lipinski definition) is 3. The van der Waals surface area contributed by atoms with Crippen molar-refractivity contribution < 1.29 is 9.53 Å². The van der Waals surface area contributed by atoms with Crippen molar-refractivity contribution in [3.63, 3.8) is 0 Å². The molecule has 4 rings (SSSR count). The van der Waals surface area contributed by atoms with Crippen LogP contribution in [0.15, 0.2) is 48.5 Å². The lowest BCUT2D eigenvalue weighted by molar-refractivity contribution is 0.0950. The maximum absolute atomic E-state index is 12.8. The van der Waals surface area contributed by atoms with Gasteiger partial charge in [0.1, 0.15) is 5.75 Å². The highest BCUT2D eigenvalue weighted by Gasteiger charge is 2.17. The van der Waals surface area contributed by atoms with Crippen LogP contribution in [0.1, 0.15) is 38.4 Å². The van der Waals surface area contributed by atoms with E-state index in [0.29, 0.717) is 12.1 Å². The predicted molar refractivity (Wildman–Crippen MR) is 110 cm³/mol. The number of amides is 1. The number of fused-ring (bicyclic) bond motifs is 1. The van der Waals surface area contributed by atoms with E-state index in [1.807, 2.05) is 44.2 Å². The van der Waals surface area contributed by atoms with Gasteiger partial charge in [0.25, 0.3) is 5.91 Å². The first-order valence-corrected chi connectivity index (χ1v) is 9.50. The molecule has 5 nitrogen and oxygen atoms in total. The molecule has 0 unspecified atom stereocenters. The van der Waals surface area contributed by atoms with E-state index >= 15 is 0 Å². The van der Waals surface area contributed by atoms with Gasteiger partial charge in [0.15, 0.2) is 0 Å². The third-order valence-corrected chi connectivity index (χ3v) is 5.36. The van der Waals surface area contributed by atoms with E-state index in [2.05, 4.69) is 33.4 Å². The van der Waals surface area contributed by atoms with Gasteiger partial charge in [-0.1, -0.05) is 18.2 Å². The van der Waals surface area contributed by atoms with Crippen LogP contribution < -0.4 is 15.4 Å². The lowest BCUT2D eigenvalue weighted by Crippen LogP contribution is -2.23. The third kappa shape index (κ3) is 3.41. The van der Waals surface area contributed by atoms with Crippen LogP contribution in [0.2, 0.25) is 0 Å². The van der Waals surface area contributed by atoms with Crippen molar-refractivity contribution in [2.75, 3.05) is 7.11 Å². The zero-order valence-electron chi connectivity index (χ0n) is 16.5. The van der Waals surface area contributed by atoms with E-state index in [1.54, 1.807) is 7.11 Å². The maximum atomic E-state index is 12.8. The number of aromatic nitrogens is 1. The van der Waals surface area contributed by atoms with Crippen LogP contribution in [0.4, 0.5) is 0 Å². The summed E-state index contributed by atoms with van der Waals surface area (Å²) in [6, 6.07) is 16.2. The first-order chi connectivity index (χ1) is 13.6. The smallest absolute Gasteiger partial charge is 0.253 e. The van der Waals surface area contributed by atoms with Gasteiger partial charge in [-0.25, -0.2) is 0 Å². The predicted octanol–water partition coefficient (Wildman–Crippen LogP) is 3.64. The van der Waals surface area contributed by atoms with Crippen LogP contribution in [-0.2, 0) is 19.6 Å². The van der Waals surface area contributed by atoms with Gasteiger partial charge >= 0.3 is 0 Å². The Bertz CT molecular complexity index is 1020. The Morgan fingerprint density at radius 2 is 1.82 bits per heavy atom. The Balaban J connectivity index is 1.51. The fraction of sp³-hybridized carbons (Fsp3) is 0.261. The summed E-state index contributed by atoms with van der Waals surface area (Å²) < 4.78 is 7.33. The number of carbonyl (C=O) groups excluding carboxylic acids is 1. The molecule has 28 heavy (non-hydrogen) atoms. The second-order valence-electron chi connectivity index (χ2n) is 7.21. The van der Waals surface area contributed by atoms with Gasteiger partial charge in [0, 0.05) is 36.7 Å². The summed E-state index contributed by atoms with van der Waals surface area (Å²) in [5.41, 5.74) is 7.47. The zero-order chi connectivity index (χ0) is 19.7. The molecule has 144 valence electrons. The highest BCUT2D eigenvalue weighted by atomic mass is 16.5. The van der Waals surface area contributed by atoms with Gasteiger partial charge in [-0.3, -0.25) is 4.79 Å². The number of aryl methyl sites for hydroxylation is 1. The average Bonchev–Trinajstić information content (AvgIpc) is 3.29. The number of nitrogens with one attached hydrogen (secondary N) is 2. The molecule has 1 aliphatic rings. The van der Waals surface area contributed by atoms with Gasteiger partial charge in [-0.15, -0.1) is 0 Å². The van der Waals surface area contributed by atoms with E-state index < -0.39 is 0 Å². The van der Waals surface area contributed by atoms with E-state index in [9.17, 15) is 4.79 Å². The largest absolute Gasteiger partial charge is 0.497 e. The summed E-state index contributed by atoms with van der Waals surface area (Å²) in [4.78, 5) is 12.8. The summed E-state index contributed by atoms with van der Waals surface area (Å²) in [7, 11) is 1.65. The summed E-state index contributed by atoms with van der Waals surface area (Å²) >= 11 is 0. The second kappa shape index (κ2) is 7.52. The number of carbonyl (C=O) groups is 1. The minimum Gasteiger partial charge on any atom is -0.497 e. The normalized spacial score (nSPS) is 12.7. The minimum atomic E-state index is -0.0496. The summed E-state index contributed by atoms with van der Waals surface area (Å²) in [5.74, 6) is 0.764. The molecule has 2 N–H and O–H groups in total. The topological polar surface area (TPSA) is 55.3 Å². The average molecular weight is 375 g/mol. The SMILES string of the molecule is COc1ccc(-n2c(C)cc(C(=O)NCc3ccc4c(c3)CNC4)c2C)cc1. The van der Waals surface area contributed by atoms with Gasteiger partial charge in [-0.05, 0) is 60.9 Å². The first-order valence-electron chi connectivity index (χ1n) is 9.50. The molecule has 0 aliphatic carbocycles. The quantitative estimate of drug-likeness (QED) is 0.716. The second-order valence-corrected chi connectivity index (χ2v) is 7.21. The number of ether oxygens (including phenoxy) is 1. The number of benzene rings is 2. The van der Waals surface area contributed by atoms with E-state index in [0.717, 1.165) is 41.5 Å². The first kappa shape index (κ1) is 18.3. The maximum Gasteiger partial charge on any atom is 0.253 e. The molecular weight excluding hydrogens is 350 g/mol. The van der Waals surface area contributed by atoms with E-state index in [1.165, 1.54) is 11.1 Å². The Labute approximate surface area is 165 Å². The fourth-order valence-corrected chi connectivity index (χ4v) is 3.86. The lowest BCUT2D eigenvalue weighted by atomic mass is 10.1. The lowest BCUT2D eigenvalue weighted by Gasteiger charge is -2.11. The van der Waals surface area contributed by atoms with Gasteiger partial charge in [0.2, 0.25) is 0 Å². The van der Waals surface area contributed by atoms with Crippen molar-refractivity contribution in [1.29, 1.82) is 0 Å². The molecule has 0 saturated carbocycles. The highest BCUT2D eigenvalue weighted by molar-refractivity contribution is 5.95. The zero-order valence-corrected chi connectivity index (χ0v) is 16.5. The van der Waals surface area contributed by atoms with Crippen LogP contribution in [0.3, 0.4) is 0 Å². The molecule has 0 radical (unpaired) electrons. The van der Waals surface area contributed by atoms with Crippen molar-refractivity contribution in [2.45, 2.75) is 33.5 Å². The molecular formula is C23H25N3O2. The number of hydrogen-bond donors (Lipinski definition) is 2. The van der Waals surface area contributed by atoms with Crippen LogP contribution in [-0.4, -0.2) is 17.6 Å². The van der Waals surface area contributed by atoms with Crippen molar-refractivity contribution >= 4 is 5.91 Å². The van der Waals surface area contributed by atoms with Crippen molar-refractivity contribution in [2.24, 2.45) is 0 Å². The Kier molecular flexibility index (Phi) is 4.92. The Hall–Kier alpha value is -3.05. The number of nitrogens with zero attached hydrogens (tertiary/aromatic N) is 1. The summed E-state index contributed by atoms with van der Waals surface area (Å²) in [6.07, 6.45) is 0. The van der Waals surface area contributed by atoms with Gasteiger partial charge in [0.05, 0.1) is 12.7 Å². The molecule has 5 heteroatoms. The molecule has 0 bridgehead atoms. The van der Waals surface area contributed by atoms with Crippen molar-refractivity contribution in [3.8, 4) is 11.4 Å².